The van der Waals surface area contributed by atoms with Crippen LogP contribution in [0.4, 0.5) is 0 Å². The van der Waals surface area contributed by atoms with Crippen LogP contribution in [0.25, 0.3) is 0 Å². The van der Waals surface area contributed by atoms with Gasteiger partial charge in [-0.05, 0) is 31.2 Å². The Morgan fingerprint density at radius 3 is 2.70 bits per heavy atom. The Balaban J connectivity index is 1.76. The molecule has 3 nitrogen and oxygen atoms in total. The number of nitrogens with one attached hydrogen (secondary N) is 1. The molecule has 1 heterocycles. The maximum Gasteiger partial charge on any atom is 0.0615 e. The van der Waals surface area contributed by atoms with E-state index >= 15 is 0 Å². The van der Waals surface area contributed by atoms with Gasteiger partial charge in [-0.3, -0.25) is 4.90 Å². The van der Waals surface area contributed by atoms with E-state index in [4.69, 9.17) is 4.74 Å². The van der Waals surface area contributed by atoms with Crippen LogP contribution in [-0.2, 0) is 4.74 Å². The lowest BCUT2D eigenvalue weighted by Gasteiger charge is -2.44. The summed E-state index contributed by atoms with van der Waals surface area (Å²) in [5.41, 5.74) is 1.41. The van der Waals surface area contributed by atoms with E-state index in [-0.39, 0.29) is 0 Å². The highest BCUT2D eigenvalue weighted by Crippen LogP contribution is 2.36. The molecule has 0 spiro atoms. The molecule has 0 radical (unpaired) electrons. The number of benzene rings is 1. The summed E-state index contributed by atoms with van der Waals surface area (Å²) in [6.07, 6.45) is 2.81. The normalized spacial score (nSPS) is 29.3. The molecule has 1 saturated heterocycles. The minimum absolute atomic E-state index is 0.466. The van der Waals surface area contributed by atoms with Crippen LogP contribution in [-0.4, -0.2) is 43.8 Å². The molecule has 0 aromatic heterocycles. The monoisotopic (exact) mass is 274 g/mol. The van der Waals surface area contributed by atoms with Gasteiger partial charge in [0.25, 0.3) is 0 Å². The molecular formula is C17H26N2O. The third-order valence-corrected chi connectivity index (χ3v) is 4.73. The molecule has 1 aromatic rings. The molecule has 1 aliphatic carbocycles. The lowest BCUT2D eigenvalue weighted by Crippen LogP contribution is -2.56. The first-order chi connectivity index (χ1) is 9.79. The third-order valence-electron chi connectivity index (χ3n) is 4.73. The zero-order valence-corrected chi connectivity index (χ0v) is 12.6. The van der Waals surface area contributed by atoms with Crippen LogP contribution in [0, 0.1) is 5.92 Å². The number of nitrogens with zero attached hydrogens (tertiary/aromatic N) is 1. The Morgan fingerprint density at radius 1 is 1.30 bits per heavy atom. The van der Waals surface area contributed by atoms with E-state index < -0.39 is 0 Å². The van der Waals surface area contributed by atoms with Gasteiger partial charge in [0, 0.05) is 38.3 Å². The molecule has 1 aliphatic heterocycles. The van der Waals surface area contributed by atoms with Crippen LogP contribution in [0.1, 0.15) is 31.4 Å². The summed E-state index contributed by atoms with van der Waals surface area (Å²) in [6.45, 7) is 5.30. The molecule has 110 valence electrons. The lowest BCUT2D eigenvalue weighted by molar-refractivity contribution is 0.0373. The van der Waals surface area contributed by atoms with Gasteiger partial charge in [0.2, 0.25) is 0 Å². The number of hydrogen-bond donors (Lipinski definition) is 1. The van der Waals surface area contributed by atoms with Crippen LogP contribution < -0.4 is 5.32 Å². The summed E-state index contributed by atoms with van der Waals surface area (Å²) in [5, 5.41) is 3.77. The van der Waals surface area contributed by atoms with E-state index in [2.05, 4.69) is 47.5 Å². The number of piperazine rings is 1. The second-order valence-electron chi connectivity index (χ2n) is 6.28. The highest BCUT2D eigenvalue weighted by molar-refractivity contribution is 5.21. The van der Waals surface area contributed by atoms with Crippen molar-refractivity contribution in [2.45, 2.75) is 37.9 Å². The Morgan fingerprint density at radius 2 is 2.05 bits per heavy atom. The number of hydrogen-bond acceptors (Lipinski definition) is 3. The van der Waals surface area contributed by atoms with Gasteiger partial charge in [-0.15, -0.1) is 0 Å². The highest BCUT2D eigenvalue weighted by atomic mass is 16.5. The fourth-order valence-electron chi connectivity index (χ4n) is 3.42. The number of rotatable bonds is 5. The van der Waals surface area contributed by atoms with Crippen molar-refractivity contribution in [3.05, 3.63) is 35.9 Å². The summed E-state index contributed by atoms with van der Waals surface area (Å²) < 4.78 is 5.39. The largest absolute Gasteiger partial charge is 0.383 e. The van der Waals surface area contributed by atoms with Crippen molar-refractivity contribution in [1.29, 1.82) is 0 Å². The zero-order valence-electron chi connectivity index (χ0n) is 12.6. The van der Waals surface area contributed by atoms with Crippen molar-refractivity contribution in [1.82, 2.24) is 10.2 Å². The van der Waals surface area contributed by atoms with Crippen LogP contribution in [0.15, 0.2) is 30.3 Å². The van der Waals surface area contributed by atoms with Gasteiger partial charge < -0.3 is 10.1 Å². The third kappa shape index (κ3) is 3.05. The maximum absolute atomic E-state index is 5.39. The molecule has 3 heteroatoms. The molecule has 3 rings (SSSR count). The Hall–Kier alpha value is -0.900. The van der Waals surface area contributed by atoms with Crippen LogP contribution in [0.3, 0.4) is 0 Å². The fraction of sp³-hybridized carbons (Fsp3) is 0.647. The smallest absolute Gasteiger partial charge is 0.0615 e. The molecule has 3 unspecified atom stereocenters. The summed E-state index contributed by atoms with van der Waals surface area (Å²) >= 11 is 0. The Labute approximate surface area is 122 Å². The van der Waals surface area contributed by atoms with Crippen LogP contribution in [0.2, 0.25) is 0 Å². The number of methoxy groups -OCH3 is 1. The molecule has 1 saturated carbocycles. The number of ether oxygens (including phenoxy) is 1. The standard InChI is InChI=1S/C17H26N2O/c1-13(12-20-2)19-11-16(14-8-9-14)18-10-17(19)15-6-4-3-5-7-15/h3-7,13-14,16-18H,8-12H2,1-2H3. The average Bonchev–Trinajstić information content (AvgIpc) is 3.32. The van der Waals surface area contributed by atoms with Gasteiger partial charge in [-0.1, -0.05) is 30.3 Å². The molecule has 2 fully saturated rings. The first-order valence-corrected chi connectivity index (χ1v) is 7.82. The van der Waals surface area contributed by atoms with E-state index in [0.717, 1.165) is 25.6 Å². The van der Waals surface area contributed by atoms with Gasteiger partial charge in [0.05, 0.1) is 6.61 Å². The van der Waals surface area contributed by atoms with Crippen molar-refractivity contribution < 1.29 is 4.74 Å². The summed E-state index contributed by atoms with van der Waals surface area (Å²) in [5.74, 6) is 0.906. The Kier molecular flexibility index (Phi) is 4.39. The summed E-state index contributed by atoms with van der Waals surface area (Å²) in [7, 11) is 1.80. The molecule has 0 amide bonds. The predicted octanol–water partition coefficient (Wildman–Crippen LogP) is 2.45. The van der Waals surface area contributed by atoms with E-state index in [1.165, 1.54) is 18.4 Å². The summed E-state index contributed by atoms with van der Waals surface area (Å²) in [4.78, 5) is 2.64. The van der Waals surface area contributed by atoms with Crippen molar-refractivity contribution in [2.75, 3.05) is 26.8 Å². The quantitative estimate of drug-likeness (QED) is 0.892. The van der Waals surface area contributed by atoms with Gasteiger partial charge >= 0.3 is 0 Å². The SMILES string of the molecule is COCC(C)N1CC(C2CC2)NCC1c1ccccc1. The van der Waals surface area contributed by atoms with Crippen molar-refractivity contribution in [2.24, 2.45) is 5.92 Å². The molecule has 1 aromatic carbocycles. The molecule has 3 atom stereocenters. The van der Waals surface area contributed by atoms with Gasteiger partial charge in [-0.25, -0.2) is 0 Å². The maximum atomic E-state index is 5.39. The van der Waals surface area contributed by atoms with E-state index in [1.807, 2.05) is 0 Å². The highest BCUT2D eigenvalue weighted by Gasteiger charge is 2.38. The minimum atomic E-state index is 0.466. The Bertz CT molecular complexity index is 418. The van der Waals surface area contributed by atoms with Crippen molar-refractivity contribution >= 4 is 0 Å². The second-order valence-corrected chi connectivity index (χ2v) is 6.28. The average molecular weight is 274 g/mol. The fourth-order valence-corrected chi connectivity index (χ4v) is 3.42. The second kappa shape index (κ2) is 6.25. The molecule has 0 bridgehead atoms. The predicted molar refractivity (Wildman–Crippen MR) is 81.7 cm³/mol. The van der Waals surface area contributed by atoms with E-state index in [9.17, 15) is 0 Å². The minimum Gasteiger partial charge on any atom is -0.383 e. The molecule has 1 N–H and O–H groups in total. The molecule has 20 heavy (non-hydrogen) atoms. The zero-order chi connectivity index (χ0) is 13.9. The first kappa shape index (κ1) is 14.1. The van der Waals surface area contributed by atoms with E-state index in [0.29, 0.717) is 18.1 Å². The van der Waals surface area contributed by atoms with Gasteiger partial charge in [0.1, 0.15) is 0 Å². The lowest BCUT2D eigenvalue weighted by atomic mass is 9.97. The summed E-state index contributed by atoms with van der Waals surface area (Å²) in [6, 6.07) is 12.5. The van der Waals surface area contributed by atoms with Crippen molar-refractivity contribution in [3.8, 4) is 0 Å². The molecular weight excluding hydrogens is 248 g/mol. The van der Waals surface area contributed by atoms with Crippen molar-refractivity contribution in [3.63, 3.8) is 0 Å². The van der Waals surface area contributed by atoms with Crippen LogP contribution in [0.5, 0.6) is 0 Å². The van der Waals surface area contributed by atoms with Gasteiger partial charge in [0.15, 0.2) is 0 Å². The first-order valence-electron chi connectivity index (χ1n) is 7.82. The van der Waals surface area contributed by atoms with Gasteiger partial charge in [-0.2, -0.15) is 0 Å². The molecule has 2 aliphatic rings. The topological polar surface area (TPSA) is 24.5 Å². The van der Waals surface area contributed by atoms with Crippen LogP contribution >= 0.6 is 0 Å². The van der Waals surface area contributed by atoms with E-state index in [1.54, 1.807) is 7.11 Å².